The van der Waals surface area contributed by atoms with Crippen LogP contribution in [0.15, 0.2) is 58.3 Å². The van der Waals surface area contributed by atoms with Crippen molar-refractivity contribution in [3.8, 4) is 0 Å². The van der Waals surface area contributed by atoms with Crippen LogP contribution in [0.1, 0.15) is 18.5 Å². The van der Waals surface area contributed by atoms with Crippen molar-refractivity contribution in [1.82, 2.24) is 4.31 Å². The lowest BCUT2D eigenvalue weighted by Crippen LogP contribution is -2.30. The second-order valence-electron chi connectivity index (χ2n) is 5.76. The predicted octanol–water partition coefficient (Wildman–Crippen LogP) is 2.38. The Morgan fingerprint density at radius 3 is 2.04 bits per heavy atom. The number of nitro groups is 1. The molecule has 0 spiro atoms. The lowest BCUT2D eigenvalue weighted by molar-refractivity contribution is -0.387. The van der Waals surface area contributed by atoms with E-state index in [9.17, 15) is 26.9 Å². The summed E-state index contributed by atoms with van der Waals surface area (Å²) >= 11 is 0. The fourth-order valence-electron chi connectivity index (χ4n) is 2.39. The average molecular weight is 398 g/mol. The average Bonchev–Trinajstić information content (AvgIpc) is 2.59. The van der Waals surface area contributed by atoms with Crippen LogP contribution in [0.5, 0.6) is 0 Å². The highest BCUT2D eigenvalue weighted by atomic mass is 32.2. The Kier molecular flexibility index (Phi) is 5.49. The molecule has 0 bridgehead atoms. The van der Waals surface area contributed by atoms with Gasteiger partial charge in [0.25, 0.3) is 5.69 Å². The van der Waals surface area contributed by atoms with Crippen LogP contribution in [-0.4, -0.2) is 39.4 Å². The number of hydrogen-bond donors (Lipinski definition) is 0. The molecule has 1 atom stereocenters. The summed E-state index contributed by atoms with van der Waals surface area (Å²) in [5, 5.41) is 11.1. The topological polar surface area (TPSA) is 115 Å². The molecule has 0 heterocycles. The van der Waals surface area contributed by atoms with E-state index in [2.05, 4.69) is 0 Å². The van der Waals surface area contributed by atoms with E-state index in [1.165, 1.54) is 49.5 Å². The molecule has 140 valence electrons. The lowest BCUT2D eigenvalue weighted by atomic mass is 10.1. The summed E-state index contributed by atoms with van der Waals surface area (Å²) in [5.74, 6) is 0. The predicted molar refractivity (Wildman–Crippen MR) is 96.0 cm³/mol. The second-order valence-corrected chi connectivity index (χ2v) is 9.74. The molecular weight excluding hydrogens is 380 g/mol. The van der Waals surface area contributed by atoms with Crippen LogP contribution in [0.2, 0.25) is 0 Å². The van der Waals surface area contributed by atoms with Gasteiger partial charge in [-0.25, -0.2) is 16.8 Å². The standard InChI is InChI=1S/C16H18N2O6S2/c1-12(13-8-10-14(11-9-13)25(3,21)22)17(2)26(23,24)16-7-5-4-6-15(16)18(19)20/h4-12H,1-3H3/t12-/m1/s1. The molecule has 0 radical (unpaired) electrons. The first-order valence-electron chi connectivity index (χ1n) is 7.47. The van der Waals surface area contributed by atoms with Crippen LogP contribution in [0, 0.1) is 10.1 Å². The molecular formula is C16H18N2O6S2. The maximum atomic E-state index is 12.8. The maximum Gasteiger partial charge on any atom is 0.289 e. The molecule has 0 fully saturated rings. The molecule has 0 amide bonds. The molecule has 0 saturated carbocycles. The van der Waals surface area contributed by atoms with Crippen molar-refractivity contribution in [2.24, 2.45) is 0 Å². The van der Waals surface area contributed by atoms with Crippen molar-refractivity contribution in [2.45, 2.75) is 22.8 Å². The van der Waals surface area contributed by atoms with Crippen LogP contribution >= 0.6 is 0 Å². The van der Waals surface area contributed by atoms with E-state index in [0.29, 0.717) is 5.56 Å². The molecule has 0 saturated heterocycles. The van der Waals surface area contributed by atoms with Crippen molar-refractivity contribution < 1.29 is 21.8 Å². The van der Waals surface area contributed by atoms with Gasteiger partial charge in [-0.3, -0.25) is 10.1 Å². The maximum absolute atomic E-state index is 12.8. The van der Waals surface area contributed by atoms with Gasteiger partial charge in [-0.2, -0.15) is 4.31 Å². The number of para-hydroxylation sites is 1. The van der Waals surface area contributed by atoms with Crippen LogP contribution in [-0.2, 0) is 19.9 Å². The highest BCUT2D eigenvalue weighted by Gasteiger charge is 2.32. The molecule has 2 aromatic carbocycles. The number of sulfone groups is 1. The Hall–Kier alpha value is -2.30. The van der Waals surface area contributed by atoms with Gasteiger partial charge in [-0.15, -0.1) is 0 Å². The van der Waals surface area contributed by atoms with Gasteiger partial charge in [-0.05, 0) is 30.7 Å². The molecule has 0 aliphatic carbocycles. The van der Waals surface area contributed by atoms with Crippen molar-refractivity contribution in [3.05, 3.63) is 64.2 Å². The van der Waals surface area contributed by atoms with E-state index in [0.717, 1.165) is 16.6 Å². The van der Waals surface area contributed by atoms with Crippen molar-refractivity contribution in [1.29, 1.82) is 0 Å². The molecule has 0 aliphatic heterocycles. The van der Waals surface area contributed by atoms with Gasteiger partial charge in [0.05, 0.1) is 9.82 Å². The highest BCUT2D eigenvalue weighted by molar-refractivity contribution is 7.90. The van der Waals surface area contributed by atoms with E-state index < -0.39 is 41.4 Å². The number of rotatable bonds is 6. The fourth-order valence-corrected chi connectivity index (χ4v) is 4.53. The molecule has 8 nitrogen and oxygen atoms in total. The Bertz CT molecular complexity index is 1030. The lowest BCUT2D eigenvalue weighted by Gasteiger charge is -2.24. The zero-order valence-electron chi connectivity index (χ0n) is 14.4. The first kappa shape index (κ1) is 20.0. The molecule has 2 rings (SSSR count). The summed E-state index contributed by atoms with van der Waals surface area (Å²) in [7, 11) is -6.17. The number of nitrogens with zero attached hydrogens (tertiary/aromatic N) is 2. The Morgan fingerprint density at radius 2 is 1.54 bits per heavy atom. The van der Waals surface area contributed by atoms with Gasteiger partial charge in [0.15, 0.2) is 14.7 Å². The van der Waals surface area contributed by atoms with E-state index >= 15 is 0 Å². The van der Waals surface area contributed by atoms with Gasteiger partial charge in [-0.1, -0.05) is 24.3 Å². The summed E-state index contributed by atoms with van der Waals surface area (Å²) in [6, 6.07) is 10.3. The largest absolute Gasteiger partial charge is 0.289 e. The third-order valence-corrected chi connectivity index (χ3v) is 7.16. The number of sulfonamides is 1. The van der Waals surface area contributed by atoms with Crippen LogP contribution < -0.4 is 0 Å². The molecule has 0 aliphatic rings. The van der Waals surface area contributed by atoms with Crippen LogP contribution in [0.25, 0.3) is 0 Å². The second kappa shape index (κ2) is 7.14. The van der Waals surface area contributed by atoms with Crippen molar-refractivity contribution in [3.63, 3.8) is 0 Å². The molecule has 2 aromatic rings. The molecule has 10 heteroatoms. The van der Waals surface area contributed by atoms with E-state index in [1.54, 1.807) is 6.92 Å². The minimum absolute atomic E-state index is 0.123. The Balaban J connectivity index is 2.41. The summed E-state index contributed by atoms with van der Waals surface area (Å²) in [4.78, 5) is 10.1. The van der Waals surface area contributed by atoms with Gasteiger partial charge >= 0.3 is 0 Å². The quantitative estimate of drug-likeness (QED) is 0.545. The van der Waals surface area contributed by atoms with Crippen molar-refractivity contribution in [2.75, 3.05) is 13.3 Å². The number of nitro benzene ring substituents is 1. The Labute approximate surface area is 152 Å². The third kappa shape index (κ3) is 3.92. The number of benzene rings is 2. The first-order valence-corrected chi connectivity index (χ1v) is 10.8. The normalized spacial score (nSPS) is 13.5. The van der Waals surface area contributed by atoms with E-state index in [1.807, 2.05) is 0 Å². The molecule has 26 heavy (non-hydrogen) atoms. The number of hydrogen-bond acceptors (Lipinski definition) is 6. The van der Waals surface area contributed by atoms with E-state index in [-0.39, 0.29) is 4.90 Å². The molecule has 0 N–H and O–H groups in total. The molecule has 0 unspecified atom stereocenters. The highest BCUT2D eigenvalue weighted by Crippen LogP contribution is 2.31. The summed E-state index contributed by atoms with van der Waals surface area (Å²) in [6.07, 6.45) is 1.08. The zero-order chi connectivity index (χ0) is 19.7. The first-order chi connectivity index (χ1) is 12.0. The monoisotopic (exact) mass is 398 g/mol. The molecule has 0 aromatic heterocycles. The fraction of sp³-hybridized carbons (Fsp3) is 0.250. The van der Waals surface area contributed by atoms with E-state index in [4.69, 9.17) is 0 Å². The van der Waals surface area contributed by atoms with Gasteiger partial charge in [0.2, 0.25) is 10.0 Å². The Morgan fingerprint density at radius 1 is 1.00 bits per heavy atom. The summed E-state index contributed by atoms with van der Waals surface area (Å²) in [6.45, 7) is 1.61. The summed E-state index contributed by atoms with van der Waals surface area (Å²) in [5.41, 5.74) is 0.0565. The van der Waals surface area contributed by atoms with Crippen LogP contribution in [0.3, 0.4) is 0 Å². The van der Waals surface area contributed by atoms with Gasteiger partial charge < -0.3 is 0 Å². The minimum atomic E-state index is -4.13. The summed E-state index contributed by atoms with van der Waals surface area (Å²) < 4.78 is 49.7. The van der Waals surface area contributed by atoms with Gasteiger partial charge in [0.1, 0.15) is 0 Å². The van der Waals surface area contributed by atoms with Crippen molar-refractivity contribution >= 4 is 25.5 Å². The third-order valence-electron chi connectivity index (χ3n) is 4.06. The smallest absolute Gasteiger partial charge is 0.258 e. The van der Waals surface area contributed by atoms with Crippen LogP contribution in [0.4, 0.5) is 5.69 Å². The SMILES string of the molecule is C[C@H](c1ccc(S(C)(=O)=O)cc1)N(C)S(=O)(=O)c1ccccc1[N+](=O)[O-]. The van der Waals surface area contributed by atoms with Gasteiger partial charge in [0, 0.05) is 25.4 Å². The zero-order valence-corrected chi connectivity index (χ0v) is 16.0. The minimum Gasteiger partial charge on any atom is -0.258 e.